The first-order chi connectivity index (χ1) is 9.84. The number of halogens is 2. The van der Waals surface area contributed by atoms with Gasteiger partial charge in [-0.1, -0.05) is 37.3 Å². The maximum atomic E-state index is 13.2. The molecule has 1 rings (SSSR count). The Bertz CT molecular complexity index is 479. The van der Waals surface area contributed by atoms with Crippen LogP contribution in [-0.4, -0.2) is 29.1 Å². The molecule has 21 heavy (non-hydrogen) atoms. The molecule has 2 N–H and O–H groups in total. The molecule has 0 radical (unpaired) electrons. The van der Waals surface area contributed by atoms with Gasteiger partial charge in [-0.3, -0.25) is 0 Å². The van der Waals surface area contributed by atoms with Gasteiger partial charge in [0.05, 0.1) is 0 Å². The van der Waals surface area contributed by atoms with Crippen LogP contribution in [0.3, 0.4) is 0 Å². The quantitative estimate of drug-likeness (QED) is 0.812. The molecule has 116 valence electrons. The van der Waals surface area contributed by atoms with Gasteiger partial charge >= 0.3 is 12.1 Å². The van der Waals surface area contributed by atoms with Crippen molar-refractivity contribution in [2.45, 2.75) is 38.3 Å². The standard InChI is InChI=1S/C14H17F2NO4/c1-2-14(15,16)8-11(12(18)19)17-13(20)21-9-10-6-4-3-5-7-10/h3-7,11H,2,8-9H2,1H3,(H,17,20)(H,18,19). The number of ether oxygens (including phenoxy) is 1. The van der Waals surface area contributed by atoms with Crippen LogP contribution in [0.1, 0.15) is 25.3 Å². The first-order valence-corrected chi connectivity index (χ1v) is 6.42. The molecule has 0 saturated carbocycles. The number of carbonyl (C=O) groups excluding carboxylic acids is 1. The van der Waals surface area contributed by atoms with Gasteiger partial charge in [0.2, 0.25) is 5.92 Å². The highest BCUT2D eigenvalue weighted by atomic mass is 19.3. The minimum absolute atomic E-state index is 0.0663. The zero-order valence-electron chi connectivity index (χ0n) is 11.5. The lowest BCUT2D eigenvalue weighted by Crippen LogP contribution is -2.44. The second-order valence-electron chi connectivity index (χ2n) is 4.51. The lowest BCUT2D eigenvalue weighted by atomic mass is 10.1. The fraction of sp³-hybridized carbons (Fsp3) is 0.429. The van der Waals surface area contributed by atoms with Gasteiger partial charge in [0.1, 0.15) is 12.6 Å². The summed E-state index contributed by atoms with van der Waals surface area (Å²) in [5, 5.41) is 10.8. The first kappa shape index (κ1) is 16.9. The van der Waals surface area contributed by atoms with Crippen molar-refractivity contribution in [2.75, 3.05) is 0 Å². The van der Waals surface area contributed by atoms with Crippen LogP contribution in [0.5, 0.6) is 0 Å². The van der Waals surface area contributed by atoms with Crippen molar-refractivity contribution in [3.05, 3.63) is 35.9 Å². The van der Waals surface area contributed by atoms with Crippen molar-refractivity contribution < 1.29 is 28.2 Å². The Morgan fingerprint density at radius 1 is 1.33 bits per heavy atom. The molecule has 5 nitrogen and oxygen atoms in total. The van der Waals surface area contributed by atoms with Crippen LogP contribution < -0.4 is 5.32 Å². The molecule has 0 bridgehead atoms. The van der Waals surface area contributed by atoms with Crippen LogP contribution in [0.25, 0.3) is 0 Å². The zero-order valence-corrected chi connectivity index (χ0v) is 11.5. The Kier molecular flexibility index (Phi) is 6.08. The topological polar surface area (TPSA) is 75.6 Å². The van der Waals surface area contributed by atoms with E-state index in [0.717, 1.165) is 0 Å². The van der Waals surface area contributed by atoms with Crippen molar-refractivity contribution in [3.63, 3.8) is 0 Å². The molecule has 1 amide bonds. The van der Waals surface area contributed by atoms with Crippen LogP contribution in [0.4, 0.5) is 13.6 Å². The van der Waals surface area contributed by atoms with E-state index in [-0.39, 0.29) is 6.61 Å². The lowest BCUT2D eigenvalue weighted by molar-refractivity contribution is -0.142. The van der Waals surface area contributed by atoms with E-state index in [1.54, 1.807) is 30.3 Å². The summed E-state index contributed by atoms with van der Waals surface area (Å²) in [5.41, 5.74) is 0.707. The Labute approximate surface area is 120 Å². The summed E-state index contributed by atoms with van der Waals surface area (Å²) < 4.78 is 31.2. The predicted octanol–water partition coefficient (Wildman–Crippen LogP) is 2.80. The molecule has 0 aliphatic carbocycles. The van der Waals surface area contributed by atoms with Crippen LogP contribution in [0, 0.1) is 0 Å². The summed E-state index contributed by atoms with van der Waals surface area (Å²) in [4.78, 5) is 22.4. The molecular weight excluding hydrogens is 284 g/mol. The normalized spacial score (nSPS) is 12.5. The molecule has 1 unspecified atom stereocenters. The van der Waals surface area contributed by atoms with E-state index in [1.165, 1.54) is 6.92 Å². The van der Waals surface area contributed by atoms with Gasteiger partial charge in [-0.2, -0.15) is 0 Å². The lowest BCUT2D eigenvalue weighted by Gasteiger charge is -2.20. The third kappa shape index (κ3) is 6.20. The number of alkyl halides is 2. The maximum Gasteiger partial charge on any atom is 0.408 e. The van der Waals surface area contributed by atoms with Crippen molar-refractivity contribution >= 4 is 12.1 Å². The minimum Gasteiger partial charge on any atom is -0.480 e. The second kappa shape index (κ2) is 7.56. The number of aliphatic carboxylic acids is 1. The van der Waals surface area contributed by atoms with E-state index in [9.17, 15) is 18.4 Å². The number of nitrogens with one attached hydrogen (secondary N) is 1. The van der Waals surface area contributed by atoms with E-state index < -0.39 is 36.9 Å². The first-order valence-electron chi connectivity index (χ1n) is 6.42. The van der Waals surface area contributed by atoms with Crippen molar-refractivity contribution in [3.8, 4) is 0 Å². The highest BCUT2D eigenvalue weighted by molar-refractivity contribution is 5.79. The summed E-state index contributed by atoms with van der Waals surface area (Å²) >= 11 is 0. The third-order valence-electron chi connectivity index (χ3n) is 2.82. The Hall–Kier alpha value is -2.18. The van der Waals surface area contributed by atoms with Gasteiger partial charge in [-0.25, -0.2) is 18.4 Å². The van der Waals surface area contributed by atoms with Gasteiger partial charge in [0, 0.05) is 12.8 Å². The molecular formula is C14H17F2NO4. The van der Waals surface area contributed by atoms with Crippen LogP contribution in [-0.2, 0) is 16.1 Å². The summed E-state index contributed by atoms with van der Waals surface area (Å²) in [6.07, 6.45) is -2.52. The third-order valence-corrected chi connectivity index (χ3v) is 2.82. The molecule has 0 fully saturated rings. The maximum absolute atomic E-state index is 13.2. The Morgan fingerprint density at radius 2 is 1.95 bits per heavy atom. The van der Waals surface area contributed by atoms with E-state index in [4.69, 9.17) is 9.84 Å². The number of amides is 1. The number of carboxylic acids is 1. The summed E-state index contributed by atoms with van der Waals surface area (Å²) in [6, 6.07) is 7.02. The smallest absolute Gasteiger partial charge is 0.408 e. The summed E-state index contributed by atoms with van der Waals surface area (Å²) in [7, 11) is 0. The largest absolute Gasteiger partial charge is 0.480 e. The van der Waals surface area contributed by atoms with E-state index in [2.05, 4.69) is 0 Å². The Morgan fingerprint density at radius 3 is 2.48 bits per heavy atom. The van der Waals surface area contributed by atoms with Gasteiger partial charge < -0.3 is 15.2 Å². The molecule has 1 aromatic rings. The molecule has 0 saturated heterocycles. The molecule has 1 aromatic carbocycles. The fourth-order valence-corrected chi connectivity index (χ4v) is 1.55. The number of carboxylic acid groups (broad SMARTS) is 1. The van der Waals surface area contributed by atoms with Crippen molar-refractivity contribution in [2.24, 2.45) is 0 Å². The monoisotopic (exact) mass is 301 g/mol. The summed E-state index contributed by atoms with van der Waals surface area (Å²) in [6.45, 7) is 1.18. The SMILES string of the molecule is CCC(F)(F)CC(NC(=O)OCc1ccccc1)C(=O)O. The van der Waals surface area contributed by atoms with Gasteiger partial charge in [0.15, 0.2) is 0 Å². The Balaban J connectivity index is 2.51. The molecule has 7 heteroatoms. The molecule has 1 atom stereocenters. The number of hydrogen-bond acceptors (Lipinski definition) is 3. The number of benzene rings is 1. The molecule has 0 aliphatic rings. The molecule has 0 aromatic heterocycles. The average molecular weight is 301 g/mol. The molecule has 0 spiro atoms. The molecule has 0 aliphatic heterocycles. The van der Waals surface area contributed by atoms with Crippen LogP contribution >= 0.6 is 0 Å². The highest BCUT2D eigenvalue weighted by Crippen LogP contribution is 2.24. The minimum atomic E-state index is -3.16. The van der Waals surface area contributed by atoms with E-state index in [0.29, 0.717) is 5.56 Å². The zero-order chi connectivity index (χ0) is 15.9. The van der Waals surface area contributed by atoms with E-state index >= 15 is 0 Å². The number of hydrogen-bond donors (Lipinski definition) is 2. The number of rotatable bonds is 7. The van der Waals surface area contributed by atoms with Gasteiger partial charge in [-0.05, 0) is 5.56 Å². The van der Waals surface area contributed by atoms with Crippen molar-refractivity contribution in [1.29, 1.82) is 0 Å². The van der Waals surface area contributed by atoms with Crippen LogP contribution in [0.15, 0.2) is 30.3 Å². The second-order valence-corrected chi connectivity index (χ2v) is 4.51. The van der Waals surface area contributed by atoms with Gasteiger partial charge in [-0.15, -0.1) is 0 Å². The summed E-state index contributed by atoms with van der Waals surface area (Å²) in [5.74, 6) is -4.68. The predicted molar refractivity (Wildman–Crippen MR) is 71.0 cm³/mol. The average Bonchev–Trinajstić information content (AvgIpc) is 2.45. The van der Waals surface area contributed by atoms with Crippen LogP contribution in [0.2, 0.25) is 0 Å². The van der Waals surface area contributed by atoms with Crippen molar-refractivity contribution in [1.82, 2.24) is 5.32 Å². The number of alkyl carbamates (subject to hydrolysis) is 1. The molecule has 0 heterocycles. The fourth-order valence-electron chi connectivity index (χ4n) is 1.55. The number of carbonyl (C=O) groups is 2. The van der Waals surface area contributed by atoms with E-state index in [1.807, 2.05) is 5.32 Å². The van der Waals surface area contributed by atoms with Gasteiger partial charge in [0.25, 0.3) is 0 Å². The highest BCUT2D eigenvalue weighted by Gasteiger charge is 2.35.